The molecule has 1 saturated carbocycles. The summed E-state index contributed by atoms with van der Waals surface area (Å²) in [6.07, 6.45) is 4.11. The Labute approximate surface area is 158 Å². The second kappa shape index (κ2) is 9.49. The normalized spacial score (nSPS) is 17.0. The van der Waals surface area contributed by atoms with Crippen LogP contribution in [0.1, 0.15) is 48.9 Å². The van der Waals surface area contributed by atoms with Gasteiger partial charge in [0.15, 0.2) is 5.78 Å². The SMILES string of the molecule is COC(=O)C(CC#N)C(C(=O)c1ccc(Cl)cc1)C(=O)C1CCCCC1. The van der Waals surface area contributed by atoms with Gasteiger partial charge < -0.3 is 4.74 Å². The summed E-state index contributed by atoms with van der Waals surface area (Å²) in [5.41, 5.74) is 0.301. The molecule has 0 heterocycles. The highest BCUT2D eigenvalue weighted by atomic mass is 35.5. The molecule has 2 atom stereocenters. The fourth-order valence-corrected chi connectivity index (χ4v) is 3.66. The molecule has 0 aliphatic heterocycles. The van der Waals surface area contributed by atoms with Crippen LogP contribution in [-0.4, -0.2) is 24.6 Å². The molecule has 1 aliphatic carbocycles. The van der Waals surface area contributed by atoms with Gasteiger partial charge in [-0.05, 0) is 37.1 Å². The van der Waals surface area contributed by atoms with Crippen LogP contribution in [-0.2, 0) is 14.3 Å². The van der Waals surface area contributed by atoms with Gasteiger partial charge in [-0.25, -0.2) is 0 Å². The van der Waals surface area contributed by atoms with Crippen molar-refractivity contribution in [2.24, 2.45) is 17.8 Å². The van der Waals surface area contributed by atoms with Crippen molar-refractivity contribution in [1.29, 1.82) is 5.26 Å². The number of carbonyl (C=O) groups is 3. The molecule has 5 nitrogen and oxygen atoms in total. The minimum absolute atomic E-state index is 0.241. The number of methoxy groups -OCH3 is 1. The molecule has 0 radical (unpaired) electrons. The minimum atomic E-state index is -1.20. The van der Waals surface area contributed by atoms with Crippen molar-refractivity contribution in [2.75, 3.05) is 7.11 Å². The Morgan fingerprint density at radius 1 is 1.19 bits per heavy atom. The summed E-state index contributed by atoms with van der Waals surface area (Å²) in [5.74, 6) is -3.97. The van der Waals surface area contributed by atoms with Gasteiger partial charge in [-0.1, -0.05) is 30.9 Å². The van der Waals surface area contributed by atoms with Gasteiger partial charge in [-0.3, -0.25) is 14.4 Å². The lowest BCUT2D eigenvalue weighted by molar-refractivity contribution is -0.149. The van der Waals surface area contributed by atoms with Gasteiger partial charge in [-0.2, -0.15) is 5.26 Å². The first kappa shape index (κ1) is 20.1. The number of Topliss-reactive ketones (excluding diaryl/α,β-unsaturated/α-hetero) is 2. The van der Waals surface area contributed by atoms with Crippen LogP contribution in [0.25, 0.3) is 0 Å². The molecule has 0 aromatic heterocycles. The van der Waals surface area contributed by atoms with Gasteiger partial charge in [0.05, 0.1) is 25.0 Å². The fraction of sp³-hybridized carbons (Fsp3) is 0.500. The van der Waals surface area contributed by atoms with Crippen molar-refractivity contribution < 1.29 is 19.1 Å². The minimum Gasteiger partial charge on any atom is -0.469 e. The standard InChI is InChI=1S/C20H22ClNO4/c1-26-20(25)16(11-12-22)17(18(23)13-5-3-2-4-6-13)19(24)14-7-9-15(21)10-8-14/h7-10,13,16-17H,2-6,11H2,1H3. The van der Waals surface area contributed by atoms with Crippen molar-refractivity contribution in [3.05, 3.63) is 34.9 Å². The zero-order valence-electron chi connectivity index (χ0n) is 14.7. The van der Waals surface area contributed by atoms with Crippen LogP contribution in [0.2, 0.25) is 5.02 Å². The number of halogens is 1. The predicted molar refractivity (Wildman–Crippen MR) is 96.6 cm³/mol. The number of nitriles is 1. The largest absolute Gasteiger partial charge is 0.469 e. The summed E-state index contributed by atoms with van der Waals surface area (Å²) in [5, 5.41) is 9.58. The average Bonchev–Trinajstić information content (AvgIpc) is 2.67. The van der Waals surface area contributed by atoms with Gasteiger partial charge >= 0.3 is 5.97 Å². The fourth-order valence-electron chi connectivity index (χ4n) is 3.53. The van der Waals surface area contributed by atoms with Crippen LogP contribution < -0.4 is 0 Å². The number of ether oxygens (including phenoxy) is 1. The number of carbonyl (C=O) groups excluding carboxylic acids is 3. The zero-order chi connectivity index (χ0) is 19.1. The van der Waals surface area contributed by atoms with Crippen LogP contribution in [0, 0.1) is 29.1 Å². The van der Waals surface area contributed by atoms with Gasteiger partial charge in [0, 0.05) is 22.9 Å². The summed E-state index contributed by atoms with van der Waals surface area (Å²) >= 11 is 5.87. The van der Waals surface area contributed by atoms with Crippen molar-refractivity contribution in [3.8, 4) is 6.07 Å². The Morgan fingerprint density at radius 3 is 2.35 bits per heavy atom. The molecule has 0 saturated heterocycles. The Balaban J connectivity index is 2.40. The predicted octanol–water partition coefficient (Wildman–Crippen LogP) is 3.99. The molecule has 6 heteroatoms. The van der Waals surface area contributed by atoms with E-state index in [9.17, 15) is 14.4 Å². The number of rotatable bonds is 7. The summed E-state index contributed by atoms with van der Waals surface area (Å²) in [4.78, 5) is 38.5. The molecule has 2 unspecified atom stereocenters. The number of ketones is 2. The maximum absolute atomic E-state index is 13.2. The summed E-state index contributed by atoms with van der Waals surface area (Å²) < 4.78 is 4.77. The molecule has 1 aliphatic rings. The molecule has 0 N–H and O–H groups in total. The van der Waals surface area contributed by atoms with Crippen molar-refractivity contribution in [1.82, 2.24) is 0 Å². The van der Waals surface area contributed by atoms with E-state index in [0.29, 0.717) is 23.4 Å². The summed E-state index contributed by atoms with van der Waals surface area (Å²) in [6.45, 7) is 0. The van der Waals surface area contributed by atoms with Gasteiger partial charge in [0.2, 0.25) is 0 Å². The molecule has 1 fully saturated rings. The average molecular weight is 376 g/mol. The van der Waals surface area contributed by atoms with E-state index >= 15 is 0 Å². The topological polar surface area (TPSA) is 84.2 Å². The Bertz CT molecular complexity index is 702. The second-order valence-corrected chi connectivity index (χ2v) is 7.01. The Hall–Kier alpha value is -2.19. The van der Waals surface area contributed by atoms with E-state index in [1.165, 1.54) is 19.2 Å². The Morgan fingerprint density at radius 2 is 1.81 bits per heavy atom. The van der Waals surface area contributed by atoms with Crippen LogP contribution >= 0.6 is 11.6 Å². The first-order valence-electron chi connectivity index (χ1n) is 8.78. The first-order valence-corrected chi connectivity index (χ1v) is 9.15. The van der Waals surface area contributed by atoms with Crippen molar-refractivity contribution in [2.45, 2.75) is 38.5 Å². The smallest absolute Gasteiger partial charge is 0.310 e. The molecular weight excluding hydrogens is 354 g/mol. The van der Waals surface area contributed by atoms with Crippen LogP contribution in [0.15, 0.2) is 24.3 Å². The summed E-state index contributed by atoms with van der Waals surface area (Å²) in [7, 11) is 1.20. The lowest BCUT2D eigenvalue weighted by Crippen LogP contribution is -2.40. The van der Waals surface area contributed by atoms with E-state index in [1.807, 2.05) is 6.07 Å². The maximum Gasteiger partial charge on any atom is 0.310 e. The third-order valence-corrected chi connectivity index (χ3v) is 5.19. The van der Waals surface area contributed by atoms with E-state index in [-0.39, 0.29) is 18.1 Å². The van der Waals surface area contributed by atoms with Gasteiger partial charge in [0.1, 0.15) is 5.78 Å². The first-order chi connectivity index (χ1) is 12.5. The molecule has 138 valence electrons. The van der Waals surface area contributed by atoms with E-state index in [4.69, 9.17) is 21.6 Å². The second-order valence-electron chi connectivity index (χ2n) is 6.58. The molecule has 0 bridgehead atoms. The van der Waals surface area contributed by atoms with Gasteiger partial charge in [0.25, 0.3) is 0 Å². The van der Waals surface area contributed by atoms with E-state index < -0.39 is 23.6 Å². The molecule has 2 rings (SSSR count). The van der Waals surface area contributed by atoms with E-state index in [0.717, 1.165) is 19.3 Å². The molecule has 0 spiro atoms. The molecule has 0 amide bonds. The van der Waals surface area contributed by atoms with Gasteiger partial charge in [-0.15, -0.1) is 0 Å². The van der Waals surface area contributed by atoms with E-state index in [2.05, 4.69) is 0 Å². The lowest BCUT2D eigenvalue weighted by atomic mass is 9.73. The highest BCUT2D eigenvalue weighted by Crippen LogP contribution is 2.32. The molecule has 1 aromatic carbocycles. The third kappa shape index (κ3) is 4.70. The van der Waals surface area contributed by atoms with Crippen molar-refractivity contribution in [3.63, 3.8) is 0 Å². The number of esters is 1. The summed E-state index contributed by atoms with van der Waals surface area (Å²) in [6, 6.07) is 8.11. The molecule has 1 aromatic rings. The monoisotopic (exact) mass is 375 g/mol. The maximum atomic E-state index is 13.2. The van der Waals surface area contributed by atoms with Crippen molar-refractivity contribution >= 4 is 29.1 Å². The number of hydrogen-bond acceptors (Lipinski definition) is 5. The number of nitrogens with zero attached hydrogens (tertiary/aromatic N) is 1. The molecular formula is C20H22ClNO4. The van der Waals surface area contributed by atoms with Crippen LogP contribution in [0.3, 0.4) is 0 Å². The number of hydrogen-bond donors (Lipinski definition) is 0. The number of benzene rings is 1. The van der Waals surface area contributed by atoms with E-state index in [1.54, 1.807) is 12.1 Å². The zero-order valence-corrected chi connectivity index (χ0v) is 15.5. The molecule has 26 heavy (non-hydrogen) atoms. The third-order valence-electron chi connectivity index (χ3n) is 4.94. The highest BCUT2D eigenvalue weighted by Gasteiger charge is 2.42. The van der Waals surface area contributed by atoms with Crippen LogP contribution in [0.4, 0.5) is 0 Å². The van der Waals surface area contributed by atoms with Crippen LogP contribution in [0.5, 0.6) is 0 Å². The lowest BCUT2D eigenvalue weighted by Gasteiger charge is -2.28. The Kier molecular flexibility index (Phi) is 7.35. The quantitative estimate of drug-likeness (QED) is 0.408. The highest BCUT2D eigenvalue weighted by molar-refractivity contribution is 6.30.